The van der Waals surface area contributed by atoms with E-state index in [1.54, 1.807) is 37.3 Å². The van der Waals surface area contributed by atoms with E-state index in [9.17, 15) is 18.0 Å². The van der Waals surface area contributed by atoms with Gasteiger partial charge in [-0.2, -0.15) is 0 Å². The quantitative estimate of drug-likeness (QED) is 0.809. The molecular formula is C19H22N2O4S. The first-order valence-corrected chi connectivity index (χ1v) is 10.00. The molecule has 2 aromatic rings. The van der Waals surface area contributed by atoms with E-state index < -0.39 is 9.84 Å². The monoisotopic (exact) mass is 374 g/mol. The van der Waals surface area contributed by atoms with Crippen LogP contribution in [0.3, 0.4) is 0 Å². The van der Waals surface area contributed by atoms with Gasteiger partial charge in [-0.15, -0.1) is 0 Å². The summed E-state index contributed by atoms with van der Waals surface area (Å²) in [5, 5.41) is 5.35. The molecule has 0 aliphatic rings. The lowest BCUT2D eigenvalue weighted by Gasteiger charge is -2.15. The third-order valence-corrected chi connectivity index (χ3v) is 5.00. The highest BCUT2D eigenvalue weighted by molar-refractivity contribution is 7.90. The van der Waals surface area contributed by atoms with E-state index in [4.69, 9.17) is 0 Å². The maximum Gasteiger partial charge on any atom is 0.251 e. The molecule has 0 aromatic heterocycles. The number of hydrogen-bond acceptors (Lipinski definition) is 4. The van der Waals surface area contributed by atoms with Crippen molar-refractivity contribution in [1.82, 2.24) is 10.6 Å². The third kappa shape index (κ3) is 5.42. The van der Waals surface area contributed by atoms with Crippen LogP contribution in [0.5, 0.6) is 0 Å². The summed E-state index contributed by atoms with van der Waals surface area (Å²) in [7, 11) is -3.25. The highest BCUT2D eigenvalue weighted by Crippen LogP contribution is 2.16. The van der Waals surface area contributed by atoms with Crippen molar-refractivity contribution in [2.75, 3.05) is 12.8 Å². The minimum absolute atomic E-state index is 0.140. The van der Waals surface area contributed by atoms with Crippen LogP contribution < -0.4 is 10.6 Å². The summed E-state index contributed by atoms with van der Waals surface area (Å²) in [5.41, 5.74) is 2.24. The zero-order valence-electron chi connectivity index (χ0n) is 14.9. The zero-order chi connectivity index (χ0) is 19.3. The molecule has 2 rings (SSSR count). The van der Waals surface area contributed by atoms with Gasteiger partial charge in [-0.05, 0) is 43.7 Å². The Morgan fingerprint density at radius 1 is 1.08 bits per heavy atom. The van der Waals surface area contributed by atoms with Crippen LogP contribution in [0.4, 0.5) is 0 Å². The molecule has 138 valence electrons. The maximum absolute atomic E-state index is 12.0. The standard InChI is InChI=1S/C19H22N2O4S/c1-13-5-4-6-16(11-13)19(23)20-12-18(22)21-14(2)15-7-9-17(10-8-15)26(3,24)25/h4-11,14H,12H2,1-3H3,(H,20,23)(H,21,22). The van der Waals surface area contributed by atoms with Crippen molar-refractivity contribution in [3.8, 4) is 0 Å². The number of nitrogens with one attached hydrogen (secondary N) is 2. The Morgan fingerprint density at radius 2 is 1.73 bits per heavy atom. The first kappa shape index (κ1) is 19.7. The van der Waals surface area contributed by atoms with Gasteiger partial charge in [0.2, 0.25) is 5.91 Å². The summed E-state index contributed by atoms with van der Waals surface area (Å²) >= 11 is 0. The Bertz CT molecular complexity index is 905. The molecule has 0 heterocycles. The Labute approximate surface area is 153 Å². The lowest BCUT2D eigenvalue weighted by atomic mass is 10.1. The number of carbonyl (C=O) groups excluding carboxylic acids is 2. The molecular weight excluding hydrogens is 352 g/mol. The lowest BCUT2D eigenvalue weighted by molar-refractivity contribution is -0.120. The van der Waals surface area contributed by atoms with Gasteiger partial charge < -0.3 is 10.6 Å². The van der Waals surface area contributed by atoms with Crippen molar-refractivity contribution < 1.29 is 18.0 Å². The molecule has 0 bridgehead atoms. The second-order valence-electron chi connectivity index (χ2n) is 6.18. The highest BCUT2D eigenvalue weighted by atomic mass is 32.2. The van der Waals surface area contributed by atoms with Crippen molar-refractivity contribution in [2.45, 2.75) is 24.8 Å². The minimum Gasteiger partial charge on any atom is -0.348 e. The summed E-state index contributed by atoms with van der Waals surface area (Å²) in [6, 6.07) is 13.1. The van der Waals surface area contributed by atoms with Crippen molar-refractivity contribution in [1.29, 1.82) is 0 Å². The normalized spacial score (nSPS) is 12.3. The second-order valence-corrected chi connectivity index (χ2v) is 8.20. The Balaban J connectivity index is 1.90. The van der Waals surface area contributed by atoms with Crippen LogP contribution >= 0.6 is 0 Å². The van der Waals surface area contributed by atoms with Crippen LogP contribution in [-0.2, 0) is 14.6 Å². The van der Waals surface area contributed by atoms with E-state index in [0.717, 1.165) is 17.4 Å². The lowest BCUT2D eigenvalue weighted by Crippen LogP contribution is -2.38. The van der Waals surface area contributed by atoms with Crippen molar-refractivity contribution in [3.05, 3.63) is 65.2 Å². The van der Waals surface area contributed by atoms with Crippen LogP contribution in [0.2, 0.25) is 0 Å². The first-order chi connectivity index (χ1) is 12.2. The molecule has 0 saturated carbocycles. The molecule has 2 N–H and O–H groups in total. The highest BCUT2D eigenvalue weighted by Gasteiger charge is 2.13. The van der Waals surface area contributed by atoms with Gasteiger partial charge in [0.25, 0.3) is 5.91 Å². The van der Waals surface area contributed by atoms with Gasteiger partial charge in [-0.1, -0.05) is 29.8 Å². The van der Waals surface area contributed by atoms with Crippen molar-refractivity contribution in [3.63, 3.8) is 0 Å². The molecule has 26 heavy (non-hydrogen) atoms. The van der Waals surface area contributed by atoms with Crippen LogP contribution in [0.15, 0.2) is 53.4 Å². The van der Waals surface area contributed by atoms with Crippen molar-refractivity contribution in [2.24, 2.45) is 0 Å². The van der Waals surface area contributed by atoms with Crippen molar-refractivity contribution >= 4 is 21.7 Å². The van der Waals surface area contributed by atoms with E-state index >= 15 is 0 Å². The fourth-order valence-corrected chi connectivity index (χ4v) is 3.06. The predicted octanol–water partition coefficient (Wildman–Crippen LogP) is 2.01. The predicted molar refractivity (Wildman–Crippen MR) is 99.6 cm³/mol. The average Bonchev–Trinajstić information content (AvgIpc) is 2.59. The summed E-state index contributed by atoms with van der Waals surface area (Å²) in [5.74, 6) is -0.639. The van der Waals surface area contributed by atoms with Gasteiger partial charge in [0, 0.05) is 11.8 Å². The Hall–Kier alpha value is -2.67. The molecule has 0 fully saturated rings. The SMILES string of the molecule is Cc1cccc(C(=O)NCC(=O)NC(C)c2ccc(S(C)(=O)=O)cc2)c1. The topological polar surface area (TPSA) is 92.3 Å². The Kier molecular flexibility index (Phi) is 6.15. The molecule has 1 atom stereocenters. The molecule has 0 saturated heterocycles. The van der Waals surface area contributed by atoms with Crippen LogP contribution in [0.25, 0.3) is 0 Å². The largest absolute Gasteiger partial charge is 0.348 e. The summed E-state index contributed by atoms with van der Waals surface area (Å²) < 4.78 is 22.9. The molecule has 2 aromatic carbocycles. The van der Waals surface area contributed by atoms with Gasteiger partial charge >= 0.3 is 0 Å². The molecule has 7 heteroatoms. The van der Waals surface area contributed by atoms with Crippen LogP contribution in [0, 0.1) is 6.92 Å². The van der Waals surface area contributed by atoms with Gasteiger partial charge in [-0.3, -0.25) is 9.59 Å². The number of aryl methyl sites for hydroxylation is 1. The number of carbonyl (C=O) groups is 2. The molecule has 0 aliphatic heterocycles. The number of amides is 2. The number of rotatable bonds is 6. The molecule has 2 amide bonds. The molecule has 0 radical (unpaired) electrons. The van der Waals surface area contributed by atoms with Gasteiger partial charge in [-0.25, -0.2) is 8.42 Å². The third-order valence-electron chi connectivity index (χ3n) is 3.88. The zero-order valence-corrected chi connectivity index (χ0v) is 15.8. The Morgan fingerprint density at radius 3 is 2.31 bits per heavy atom. The second kappa shape index (κ2) is 8.14. The van der Waals surface area contributed by atoms with Crippen LogP contribution in [0.1, 0.15) is 34.5 Å². The average molecular weight is 374 g/mol. The fraction of sp³-hybridized carbons (Fsp3) is 0.263. The van der Waals surface area contributed by atoms with E-state index in [1.807, 2.05) is 13.0 Å². The summed E-state index contributed by atoms with van der Waals surface area (Å²) in [6.45, 7) is 3.54. The first-order valence-electron chi connectivity index (χ1n) is 8.11. The number of hydrogen-bond donors (Lipinski definition) is 2. The van der Waals surface area contributed by atoms with E-state index in [-0.39, 0.29) is 29.3 Å². The molecule has 0 aliphatic carbocycles. The van der Waals surface area contributed by atoms with E-state index in [0.29, 0.717) is 5.56 Å². The minimum atomic E-state index is -3.25. The number of sulfone groups is 1. The maximum atomic E-state index is 12.0. The van der Waals surface area contributed by atoms with Gasteiger partial charge in [0.15, 0.2) is 9.84 Å². The van der Waals surface area contributed by atoms with Gasteiger partial charge in [0.05, 0.1) is 17.5 Å². The molecule has 1 unspecified atom stereocenters. The number of benzene rings is 2. The van der Waals surface area contributed by atoms with E-state index in [2.05, 4.69) is 10.6 Å². The van der Waals surface area contributed by atoms with Crippen LogP contribution in [-0.4, -0.2) is 33.0 Å². The molecule has 0 spiro atoms. The van der Waals surface area contributed by atoms with E-state index in [1.165, 1.54) is 12.1 Å². The van der Waals surface area contributed by atoms with Gasteiger partial charge in [0.1, 0.15) is 0 Å². The summed E-state index contributed by atoms with van der Waals surface area (Å²) in [6.07, 6.45) is 1.14. The smallest absolute Gasteiger partial charge is 0.251 e. The summed E-state index contributed by atoms with van der Waals surface area (Å²) in [4.78, 5) is 24.3. The fourth-order valence-electron chi connectivity index (χ4n) is 2.43. The molecule has 6 nitrogen and oxygen atoms in total.